The Kier molecular flexibility index (Phi) is 5.39. The number of hydrogen-bond acceptors (Lipinski definition) is 4. The van der Waals surface area contributed by atoms with Gasteiger partial charge in [-0.2, -0.15) is 5.10 Å². The minimum Gasteiger partial charge on any atom is -0.271 e. The summed E-state index contributed by atoms with van der Waals surface area (Å²) in [5.74, 6) is -0.0455. The lowest BCUT2D eigenvalue weighted by molar-refractivity contribution is 0.592. The van der Waals surface area contributed by atoms with E-state index >= 15 is 0 Å². The highest BCUT2D eigenvalue weighted by atomic mass is 32.2. The molecule has 0 spiro atoms. The number of rotatable bonds is 7. The van der Waals surface area contributed by atoms with E-state index in [1.807, 2.05) is 35.7 Å². The van der Waals surface area contributed by atoms with E-state index < -0.39 is 9.84 Å². The lowest BCUT2D eigenvalue weighted by atomic mass is 10.1. The molecule has 6 heteroatoms. The molecule has 0 radical (unpaired) electrons. The van der Waals surface area contributed by atoms with Gasteiger partial charge in [0.05, 0.1) is 21.2 Å². The number of unbranched alkanes of at least 4 members (excludes halogenated alkanes) is 1. The summed E-state index contributed by atoms with van der Waals surface area (Å²) in [6.07, 6.45) is 3.24. The summed E-state index contributed by atoms with van der Waals surface area (Å²) in [5.41, 5.74) is 2.69. The molecule has 0 aliphatic carbocycles. The van der Waals surface area contributed by atoms with Crippen LogP contribution in [0.15, 0.2) is 52.7 Å². The van der Waals surface area contributed by atoms with E-state index in [2.05, 4.69) is 12.0 Å². The van der Waals surface area contributed by atoms with Gasteiger partial charge in [0, 0.05) is 7.05 Å². The van der Waals surface area contributed by atoms with Crippen molar-refractivity contribution < 1.29 is 8.42 Å². The standard InChI is InChI=1S/C19H22N2O2S2/c1-3-4-6-15-8-10-17(11-9-15)25(22,23)14-16-13-18(20-21(16)2)19-7-5-12-24-19/h5,7-13H,3-4,6,14H2,1-2H3. The van der Waals surface area contributed by atoms with Gasteiger partial charge in [-0.25, -0.2) is 8.42 Å². The van der Waals surface area contributed by atoms with Gasteiger partial charge in [-0.15, -0.1) is 11.3 Å². The topological polar surface area (TPSA) is 52.0 Å². The number of thiophene rings is 1. The highest BCUT2D eigenvalue weighted by Crippen LogP contribution is 2.25. The van der Waals surface area contributed by atoms with Crippen LogP contribution in [0.1, 0.15) is 31.0 Å². The van der Waals surface area contributed by atoms with Gasteiger partial charge in [0.25, 0.3) is 0 Å². The van der Waals surface area contributed by atoms with Gasteiger partial charge < -0.3 is 0 Å². The predicted octanol–water partition coefficient (Wildman–Crippen LogP) is 4.47. The Balaban J connectivity index is 1.79. The lowest BCUT2D eigenvalue weighted by Gasteiger charge is -2.06. The Morgan fingerprint density at radius 2 is 1.92 bits per heavy atom. The number of sulfone groups is 1. The minimum atomic E-state index is -3.39. The van der Waals surface area contributed by atoms with E-state index in [4.69, 9.17) is 0 Å². The number of benzene rings is 1. The Morgan fingerprint density at radius 1 is 1.16 bits per heavy atom. The molecule has 2 aromatic heterocycles. The third kappa shape index (κ3) is 4.19. The Hall–Kier alpha value is -1.92. The molecule has 0 unspecified atom stereocenters. The maximum Gasteiger partial charge on any atom is 0.184 e. The van der Waals surface area contributed by atoms with Crippen molar-refractivity contribution in [3.05, 3.63) is 59.1 Å². The van der Waals surface area contributed by atoms with Crippen LogP contribution < -0.4 is 0 Å². The second-order valence-corrected chi connectivity index (χ2v) is 9.07. The van der Waals surface area contributed by atoms with Crippen LogP contribution in [0.5, 0.6) is 0 Å². The normalized spacial score (nSPS) is 11.8. The third-order valence-corrected chi connectivity index (χ3v) is 6.75. The van der Waals surface area contributed by atoms with E-state index in [0.717, 1.165) is 29.8 Å². The average Bonchev–Trinajstić information content (AvgIpc) is 3.23. The van der Waals surface area contributed by atoms with Crippen molar-refractivity contribution in [2.24, 2.45) is 7.05 Å². The van der Waals surface area contributed by atoms with E-state index in [0.29, 0.717) is 10.6 Å². The summed E-state index contributed by atoms with van der Waals surface area (Å²) >= 11 is 1.60. The molecule has 0 bridgehead atoms. The van der Waals surface area contributed by atoms with E-state index in [9.17, 15) is 8.42 Å². The van der Waals surface area contributed by atoms with Crippen LogP contribution >= 0.6 is 11.3 Å². The van der Waals surface area contributed by atoms with Crippen molar-refractivity contribution in [2.75, 3.05) is 0 Å². The maximum atomic E-state index is 12.7. The molecule has 4 nitrogen and oxygen atoms in total. The fourth-order valence-electron chi connectivity index (χ4n) is 2.71. The Labute approximate surface area is 153 Å². The monoisotopic (exact) mass is 374 g/mol. The van der Waals surface area contributed by atoms with Crippen LogP contribution in [0.4, 0.5) is 0 Å². The van der Waals surface area contributed by atoms with Crippen molar-refractivity contribution in [1.82, 2.24) is 9.78 Å². The summed E-state index contributed by atoms with van der Waals surface area (Å²) in [4.78, 5) is 1.41. The van der Waals surface area contributed by atoms with Crippen LogP contribution in [-0.2, 0) is 29.1 Å². The number of aromatic nitrogens is 2. The van der Waals surface area contributed by atoms with Gasteiger partial charge in [0.1, 0.15) is 5.69 Å². The zero-order chi connectivity index (χ0) is 17.9. The molecule has 0 saturated carbocycles. The van der Waals surface area contributed by atoms with E-state index in [1.165, 1.54) is 5.56 Å². The molecule has 0 amide bonds. The maximum absolute atomic E-state index is 12.7. The van der Waals surface area contributed by atoms with Gasteiger partial charge in [-0.1, -0.05) is 31.5 Å². The summed E-state index contributed by atoms with van der Waals surface area (Å²) < 4.78 is 27.1. The van der Waals surface area contributed by atoms with Crippen LogP contribution in [0, 0.1) is 0 Å². The molecule has 0 saturated heterocycles. The van der Waals surface area contributed by atoms with Crippen molar-refractivity contribution in [2.45, 2.75) is 36.8 Å². The number of aryl methyl sites for hydroxylation is 2. The summed E-state index contributed by atoms with van der Waals surface area (Å²) in [7, 11) is -1.60. The fraction of sp³-hybridized carbons (Fsp3) is 0.316. The second kappa shape index (κ2) is 7.54. The first-order valence-electron chi connectivity index (χ1n) is 8.38. The van der Waals surface area contributed by atoms with Gasteiger partial charge in [-0.3, -0.25) is 4.68 Å². The van der Waals surface area contributed by atoms with Crippen LogP contribution in [0.25, 0.3) is 10.6 Å². The Morgan fingerprint density at radius 3 is 2.56 bits per heavy atom. The molecule has 0 aliphatic heterocycles. The van der Waals surface area contributed by atoms with Crippen molar-refractivity contribution in [1.29, 1.82) is 0 Å². The summed E-state index contributed by atoms with van der Waals surface area (Å²) in [6.45, 7) is 2.15. The Bertz CT molecular complexity index is 924. The molecule has 0 N–H and O–H groups in total. The summed E-state index contributed by atoms with van der Waals surface area (Å²) in [6, 6.07) is 13.1. The lowest BCUT2D eigenvalue weighted by Crippen LogP contribution is -2.09. The quantitative estimate of drug-likeness (QED) is 0.613. The SMILES string of the molecule is CCCCc1ccc(S(=O)(=O)Cc2cc(-c3cccs3)nn2C)cc1. The third-order valence-electron chi connectivity index (χ3n) is 4.19. The van der Waals surface area contributed by atoms with E-state index in [-0.39, 0.29) is 5.75 Å². The highest BCUT2D eigenvalue weighted by molar-refractivity contribution is 7.90. The van der Waals surface area contributed by atoms with Gasteiger partial charge in [0.2, 0.25) is 0 Å². The zero-order valence-electron chi connectivity index (χ0n) is 14.5. The molecular weight excluding hydrogens is 352 g/mol. The molecule has 1 aromatic carbocycles. The van der Waals surface area contributed by atoms with Crippen LogP contribution in [0.2, 0.25) is 0 Å². The molecule has 0 aliphatic rings. The van der Waals surface area contributed by atoms with Gasteiger partial charge >= 0.3 is 0 Å². The van der Waals surface area contributed by atoms with E-state index in [1.54, 1.807) is 35.2 Å². The molecule has 3 rings (SSSR count). The van der Waals surface area contributed by atoms with Gasteiger partial charge in [-0.05, 0) is 48.1 Å². The first-order chi connectivity index (χ1) is 12.0. The van der Waals surface area contributed by atoms with Gasteiger partial charge in [0.15, 0.2) is 9.84 Å². The molecule has 25 heavy (non-hydrogen) atoms. The largest absolute Gasteiger partial charge is 0.271 e. The van der Waals surface area contributed by atoms with Crippen molar-refractivity contribution in [3.63, 3.8) is 0 Å². The zero-order valence-corrected chi connectivity index (χ0v) is 16.1. The van der Waals surface area contributed by atoms with Crippen LogP contribution in [0.3, 0.4) is 0 Å². The van der Waals surface area contributed by atoms with Crippen molar-refractivity contribution in [3.8, 4) is 10.6 Å². The number of hydrogen-bond donors (Lipinski definition) is 0. The molecule has 3 aromatic rings. The first kappa shape index (κ1) is 17.9. The molecule has 2 heterocycles. The highest BCUT2D eigenvalue weighted by Gasteiger charge is 2.19. The molecular formula is C19H22N2O2S2. The number of nitrogens with zero attached hydrogens (tertiary/aromatic N) is 2. The molecule has 132 valence electrons. The van der Waals surface area contributed by atoms with Crippen molar-refractivity contribution >= 4 is 21.2 Å². The first-order valence-corrected chi connectivity index (χ1v) is 10.9. The second-order valence-electron chi connectivity index (χ2n) is 6.13. The smallest absolute Gasteiger partial charge is 0.184 e. The fourth-order valence-corrected chi connectivity index (χ4v) is 4.77. The minimum absolute atomic E-state index is 0.0455. The molecule has 0 atom stereocenters. The predicted molar refractivity (Wildman–Crippen MR) is 102 cm³/mol. The summed E-state index contributed by atoms with van der Waals surface area (Å²) in [5, 5.41) is 6.43. The molecule has 0 fully saturated rings. The average molecular weight is 375 g/mol. The van der Waals surface area contributed by atoms with Crippen LogP contribution in [-0.4, -0.2) is 18.2 Å².